The molecule has 0 saturated heterocycles. The molecule has 2 fully saturated rings. The van der Waals surface area contributed by atoms with Crippen LogP contribution in [-0.2, 0) is 0 Å². The minimum absolute atomic E-state index is 0.0754. The molecule has 0 heterocycles. The molecule has 0 aromatic rings. The number of hydrogen-bond acceptors (Lipinski definition) is 2. The minimum atomic E-state index is -0.542. The van der Waals surface area contributed by atoms with Crippen molar-refractivity contribution in [2.75, 3.05) is 0 Å². The number of aliphatic hydroxyl groups excluding tert-OH is 1. The van der Waals surface area contributed by atoms with Crippen LogP contribution in [-0.4, -0.2) is 21.9 Å². The molecule has 0 aliphatic heterocycles. The molecule has 4 unspecified atom stereocenters. The summed E-state index contributed by atoms with van der Waals surface area (Å²) in [6.45, 7) is 3.79. The molecule has 2 rings (SSSR count). The summed E-state index contributed by atoms with van der Waals surface area (Å²) in [5.41, 5.74) is -0.542. The van der Waals surface area contributed by atoms with Gasteiger partial charge in [0.25, 0.3) is 0 Å². The molecule has 2 nitrogen and oxygen atoms in total. The molecular formula is C10H18O2. The predicted molar refractivity (Wildman–Crippen MR) is 46.6 cm³/mol. The number of rotatable bonds is 1. The summed E-state index contributed by atoms with van der Waals surface area (Å²) < 4.78 is 0. The predicted octanol–water partition coefficient (Wildman–Crippen LogP) is 1.16. The lowest BCUT2D eigenvalue weighted by atomic mass is 9.77. The first-order valence-electron chi connectivity index (χ1n) is 4.89. The fourth-order valence-corrected chi connectivity index (χ4v) is 3.11. The standard InChI is InChI=1S/C10H18O2/c1-10(2,12)8-4-7-3-6(8)5-9(7)11/h6-9,11-12H,3-5H2,1-2H3. The van der Waals surface area contributed by atoms with Crippen LogP contribution < -0.4 is 0 Å². The van der Waals surface area contributed by atoms with Gasteiger partial charge in [0.2, 0.25) is 0 Å². The van der Waals surface area contributed by atoms with Crippen molar-refractivity contribution in [2.45, 2.75) is 44.8 Å². The average molecular weight is 170 g/mol. The molecule has 2 aliphatic carbocycles. The van der Waals surface area contributed by atoms with Crippen molar-refractivity contribution in [2.24, 2.45) is 17.8 Å². The van der Waals surface area contributed by atoms with Gasteiger partial charge in [-0.1, -0.05) is 0 Å². The Morgan fingerprint density at radius 2 is 1.75 bits per heavy atom. The van der Waals surface area contributed by atoms with Crippen molar-refractivity contribution in [3.8, 4) is 0 Å². The van der Waals surface area contributed by atoms with Gasteiger partial charge in [-0.15, -0.1) is 0 Å². The molecule has 0 radical (unpaired) electrons. The van der Waals surface area contributed by atoms with E-state index in [1.54, 1.807) is 0 Å². The minimum Gasteiger partial charge on any atom is -0.393 e. The highest BCUT2D eigenvalue weighted by molar-refractivity contribution is 5.00. The van der Waals surface area contributed by atoms with Gasteiger partial charge in [-0.05, 0) is 50.9 Å². The van der Waals surface area contributed by atoms with Crippen LogP contribution in [0.3, 0.4) is 0 Å². The Hall–Kier alpha value is -0.0800. The number of aliphatic hydroxyl groups is 2. The average Bonchev–Trinajstić information content (AvgIpc) is 2.41. The second-order valence-corrected chi connectivity index (χ2v) is 5.05. The summed E-state index contributed by atoms with van der Waals surface area (Å²) in [6.07, 6.45) is 3.00. The fraction of sp³-hybridized carbons (Fsp3) is 1.00. The van der Waals surface area contributed by atoms with Crippen LogP contribution in [0.4, 0.5) is 0 Å². The van der Waals surface area contributed by atoms with E-state index in [1.165, 1.54) is 0 Å². The van der Waals surface area contributed by atoms with Crippen LogP contribution in [0, 0.1) is 17.8 Å². The normalized spacial score (nSPS) is 47.0. The van der Waals surface area contributed by atoms with E-state index in [1.807, 2.05) is 13.8 Å². The molecular weight excluding hydrogens is 152 g/mol. The van der Waals surface area contributed by atoms with Crippen molar-refractivity contribution in [1.82, 2.24) is 0 Å². The van der Waals surface area contributed by atoms with Crippen molar-refractivity contribution >= 4 is 0 Å². The van der Waals surface area contributed by atoms with Gasteiger partial charge in [-0.3, -0.25) is 0 Å². The van der Waals surface area contributed by atoms with Gasteiger partial charge in [-0.2, -0.15) is 0 Å². The lowest BCUT2D eigenvalue weighted by molar-refractivity contribution is -0.0255. The van der Waals surface area contributed by atoms with Gasteiger partial charge in [0, 0.05) is 0 Å². The maximum Gasteiger partial charge on any atom is 0.0622 e. The van der Waals surface area contributed by atoms with E-state index < -0.39 is 5.60 Å². The van der Waals surface area contributed by atoms with Crippen molar-refractivity contribution < 1.29 is 10.2 Å². The van der Waals surface area contributed by atoms with E-state index in [0.717, 1.165) is 19.3 Å². The lowest BCUT2D eigenvalue weighted by Gasteiger charge is -2.34. The highest BCUT2D eigenvalue weighted by Gasteiger charge is 2.49. The molecule has 12 heavy (non-hydrogen) atoms. The van der Waals surface area contributed by atoms with Gasteiger partial charge in [0.15, 0.2) is 0 Å². The summed E-state index contributed by atoms with van der Waals surface area (Å²) in [5, 5.41) is 19.4. The van der Waals surface area contributed by atoms with E-state index in [4.69, 9.17) is 0 Å². The molecule has 2 bridgehead atoms. The lowest BCUT2D eigenvalue weighted by Crippen LogP contribution is -2.37. The second kappa shape index (κ2) is 2.46. The van der Waals surface area contributed by atoms with Crippen LogP contribution in [0.1, 0.15) is 33.1 Å². The molecule has 0 aromatic heterocycles. The Morgan fingerprint density at radius 3 is 2.08 bits per heavy atom. The van der Waals surface area contributed by atoms with Gasteiger partial charge < -0.3 is 10.2 Å². The molecule has 2 N–H and O–H groups in total. The first kappa shape index (κ1) is 8.52. The highest BCUT2D eigenvalue weighted by atomic mass is 16.3. The third-order valence-corrected chi connectivity index (χ3v) is 3.73. The molecule has 70 valence electrons. The number of fused-ring (bicyclic) bond motifs is 2. The summed E-state index contributed by atoms with van der Waals surface area (Å²) in [7, 11) is 0. The Kier molecular flexibility index (Phi) is 1.74. The first-order chi connectivity index (χ1) is 5.48. The van der Waals surface area contributed by atoms with Gasteiger partial charge >= 0.3 is 0 Å². The Balaban J connectivity index is 2.08. The largest absolute Gasteiger partial charge is 0.393 e. The Bertz CT molecular complexity index is 181. The zero-order valence-electron chi connectivity index (χ0n) is 7.83. The number of hydrogen-bond donors (Lipinski definition) is 2. The summed E-state index contributed by atoms with van der Waals surface area (Å²) >= 11 is 0. The molecule has 0 aromatic carbocycles. The van der Waals surface area contributed by atoms with Crippen molar-refractivity contribution in [1.29, 1.82) is 0 Å². The zero-order valence-corrected chi connectivity index (χ0v) is 7.83. The van der Waals surface area contributed by atoms with Crippen LogP contribution in [0.25, 0.3) is 0 Å². The topological polar surface area (TPSA) is 40.5 Å². The third-order valence-electron chi connectivity index (χ3n) is 3.73. The summed E-state index contributed by atoms with van der Waals surface area (Å²) in [4.78, 5) is 0. The fourth-order valence-electron chi connectivity index (χ4n) is 3.11. The summed E-state index contributed by atoms with van der Waals surface area (Å²) in [5.74, 6) is 1.47. The van der Waals surface area contributed by atoms with Crippen LogP contribution in [0.2, 0.25) is 0 Å². The summed E-state index contributed by atoms with van der Waals surface area (Å²) in [6, 6.07) is 0. The van der Waals surface area contributed by atoms with Crippen LogP contribution in [0.15, 0.2) is 0 Å². The quantitative estimate of drug-likeness (QED) is 0.620. The van der Waals surface area contributed by atoms with Gasteiger partial charge in [0.05, 0.1) is 11.7 Å². The van der Waals surface area contributed by atoms with Crippen molar-refractivity contribution in [3.63, 3.8) is 0 Å². The SMILES string of the molecule is CC(C)(O)C1CC2CC1CC2O. The van der Waals surface area contributed by atoms with Crippen LogP contribution in [0.5, 0.6) is 0 Å². The van der Waals surface area contributed by atoms with Gasteiger partial charge in [-0.25, -0.2) is 0 Å². The van der Waals surface area contributed by atoms with Crippen LogP contribution >= 0.6 is 0 Å². The molecule has 2 heteroatoms. The Labute approximate surface area is 73.6 Å². The molecule has 4 atom stereocenters. The van der Waals surface area contributed by atoms with Gasteiger partial charge in [0.1, 0.15) is 0 Å². The second-order valence-electron chi connectivity index (χ2n) is 5.05. The Morgan fingerprint density at radius 1 is 1.08 bits per heavy atom. The molecule has 0 amide bonds. The highest BCUT2D eigenvalue weighted by Crippen LogP contribution is 2.51. The molecule has 2 saturated carbocycles. The first-order valence-corrected chi connectivity index (χ1v) is 4.89. The van der Waals surface area contributed by atoms with E-state index in [2.05, 4.69) is 0 Å². The van der Waals surface area contributed by atoms with E-state index in [9.17, 15) is 10.2 Å². The smallest absolute Gasteiger partial charge is 0.0622 e. The molecule has 0 spiro atoms. The van der Waals surface area contributed by atoms with E-state index in [0.29, 0.717) is 17.8 Å². The van der Waals surface area contributed by atoms with E-state index in [-0.39, 0.29) is 6.10 Å². The van der Waals surface area contributed by atoms with E-state index >= 15 is 0 Å². The maximum atomic E-state index is 9.84. The third kappa shape index (κ3) is 1.17. The monoisotopic (exact) mass is 170 g/mol. The zero-order chi connectivity index (χ0) is 8.93. The molecule has 2 aliphatic rings. The van der Waals surface area contributed by atoms with Crippen molar-refractivity contribution in [3.05, 3.63) is 0 Å². The maximum absolute atomic E-state index is 9.84.